The average Bonchev–Trinajstić information content (AvgIpc) is 2.98. The van der Waals surface area contributed by atoms with Crippen LogP contribution < -0.4 is 5.32 Å². The van der Waals surface area contributed by atoms with Crippen LogP contribution in [0.2, 0.25) is 10.0 Å². The molecule has 1 saturated carbocycles. The lowest BCUT2D eigenvalue weighted by Crippen LogP contribution is -2.69. The SMILES string of the molecule is CCO[C@@H]1C[C@@H](NC(=O)c2c(Cl)cccc2Cl)[C@@]12CCCO2. The number of nitrogens with one attached hydrogen (secondary N) is 1. The summed E-state index contributed by atoms with van der Waals surface area (Å²) in [7, 11) is 0. The zero-order chi connectivity index (χ0) is 15.7. The van der Waals surface area contributed by atoms with E-state index in [2.05, 4.69) is 5.32 Å². The summed E-state index contributed by atoms with van der Waals surface area (Å²) in [6, 6.07) is 4.98. The van der Waals surface area contributed by atoms with Crippen LogP contribution in [-0.2, 0) is 9.47 Å². The second kappa shape index (κ2) is 6.36. The van der Waals surface area contributed by atoms with Crippen molar-refractivity contribution in [3.8, 4) is 0 Å². The highest BCUT2D eigenvalue weighted by Gasteiger charge is 2.59. The van der Waals surface area contributed by atoms with Gasteiger partial charge in [-0.1, -0.05) is 29.3 Å². The fraction of sp³-hybridized carbons (Fsp3) is 0.562. The van der Waals surface area contributed by atoms with Gasteiger partial charge in [0.25, 0.3) is 5.91 Å². The molecule has 1 spiro atoms. The Morgan fingerprint density at radius 3 is 2.77 bits per heavy atom. The standard InChI is InChI=1S/C16H19Cl2NO3/c1-2-21-13-9-12(16(13)7-4-8-22-16)19-15(20)14-10(17)5-3-6-11(14)18/h3,5-6,12-13H,2,4,7-9H2,1H3,(H,19,20)/t12-,13-,16+/m1/s1. The van der Waals surface area contributed by atoms with E-state index in [-0.39, 0.29) is 23.7 Å². The smallest absolute Gasteiger partial charge is 0.254 e. The molecule has 1 aromatic carbocycles. The summed E-state index contributed by atoms with van der Waals surface area (Å²) in [5, 5.41) is 3.73. The van der Waals surface area contributed by atoms with Gasteiger partial charge in [0.1, 0.15) is 5.60 Å². The second-order valence-corrected chi connectivity index (χ2v) is 6.52. The number of carbonyl (C=O) groups excluding carboxylic acids is 1. The Hall–Kier alpha value is -0.810. The van der Waals surface area contributed by atoms with E-state index in [0.717, 1.165) is 19.3 Å². The lowest BCUT2D eigenvalue weighted by atomic mass is 9.70. The van der Waals surface area contributed by atoms with Gasteiger partial charge in [0.2, 0.25) is 0 Å². The molecule has 0 bridgehead atoms. The molecular formula is C16H19Cl2NO3. The summed E-state index contributed by atoms with van der Waals surface area (Å²) in [6.07, 6.45) is 2.69. The minimum atomic E-state index is -0.389. The van der Waals surface area contributed by atoms with Crippen molar-refractivity contribution in [3.05, 3.63) is 33.8 Å². The molecule has 2 fully saturated rings. The number of hydrogen-bond donors (Lipinski definition) is 1. The number of hydrogen-bond acceptors (Lipinski definition) is 3. The fourth-order valence-corrected chi connectivity index (χ4v) is 3.99. The molecule has 1 aliphatic heterocycles. The summed E-state index contributed by atoms with van der Waals surface area (Å²) in [4.78, 5) is 12.5. The van der Waals surface area contributed by atoms with E-state index < -0.39 is 0 Å². The van der Waals surface area contributed by atoms with Gasteiger partial charge in [-0.05, 0) is 38.3 Å². The molecule has 3 atom stereocenters. The number of benzene rings is 1. The number of carbonyl (C=O) groups is 1. The van der Waals surface area contributed by atoms with E-state index in [9.17, 15) is 4.79 Å². The van der Waals surface area contributed by atoms with Gasteiger partial charge in [0.15, 0.2) is 0 Å². The van der Waals surface area contributed by atoms with Gasteiger partial charge >= 0.3 is 0 Å². The molecular weight excluding hydrogens is 325 g/mol. The van der Waals surface area contributed by atoms with Crippen molar-refractivity contribution in [3.63, 3.8) is 0 Å². The summed E-state index contributed by atoms with van der Waals surface area (Å²) < 4.78 is 11.7. The Morgan fingerprint density at radius 1 is 1.45 bits per heavy atom. The zero-order valence-corrected chi connectivity index (χ0v) is 13.9. The summed E-state index contributed by atoms with van der Waals surface area (Å²) >= 11 is 12.2. The molecule has 1 saturated heterocycles. The molecule has 3 rings (SSSR count). The molecule has 22 heavy (non-hydrogen) atoms. The van der Waals surface area contributed by atoms with E-state index in [4.69, 9.17) is 32.7 Å². The molecule has 0 radical (unpaired) electrons. The number of rotatable bonds is 4. The van der Waals surface area contributed by atoms with Crippen LogP contribution >= 0.6 is 23.2 Å². The Bertz CT molecular complexity index is 552. The van der Waals surface area contributed by atoms with Crippen molar-refractivity contribution in [2.45, 2.75) is 43.9 Å². The highest BCUT2D eigenvalue weighted by atomic mass is 35.5. The quantitative estimate of drug-likeness (QED) is 0.910. The molecule has 4 nitrogen and oxygen atoms in total. The van der Waals surface area contributed by atoms with Gasteiger partial charge in [-0.15, -0.1) is 0 Å². The van der Waals surface area contributed by atoms with E-state index >= 15 is 0 Å². The van der Waals surface area contributed by atoms with Crippen LogP contribution in [0.15, 0.2) is 18.2 Å². The van der Waals surface area contributed by atoms with E-state index in [0.29, 0.717) is 28.8 Å². The minimum absolute atomic E-state index is 0.0482. The summed E-state index contributed by atoms with van der Waals surface area (Å²) in [5.74, 6) is -0.259. The van der Waals surface area contributed by atoms with Gasteiger partial charge in [0, 0.05) is 13.2 Å². The maximum Gasteiger partial charge on any atom is 0.254 e. The van der Waals surface area contributed by atoms with E-state index in [1.54, 1.807) is 18.2 Å². The van der Waals surface area contributed by atoms with Crippen molar-refractivity contribution < 1.29 is 14.3 Å². The van der Waals surface area contributed by atoms with Crippen LogP contribution in [-0.4, -0.2) is 36.9 Å². The normalized spacial score (nSPS) is 30.3. The first-order valence-electron chi connectivity index (χ1n) is 7.59. The van der Waals surface area contributed by atoms with Gasteiger partial charge in [0.05, 0.1) is 27.8 Å². The Balaban J connectivity index is 1.75. The van der Waals surface area contributed by atoms with Crippen LogP contribution in [0.4, 0.5) is 0 Å². The third-order valence-electron chi connectivity index (χ3n) is 4.53. The molecule has 6 heteroatoms. The van der Waals surface area contributed by atoms with Gasteiger partial charge < -0.3 is 14.8 Å². The minimum Gasteiger partial charge on any atom is -0.375 e. The largest absolute Gasteiger partial charge is 0.375 e. The highest BCUT2D eigenvalue weighted by Crippen LogP contribution is 2.45. The molecule has 1 heterocycles. The molecule has 2 aliphatic rings. The Morgan fingerprint density at radius 2 is 2.18 bits per heavy atom. The maximum atomic E-state index is 12.5. The molecule has 1 aromatic rings. The van der Waals surface area contributed by atoms with Crippen LogP contribution in [0.5, 0.6) is 0 Å². The number of amides is 1. The summed E-state index contributed by atoms with van der Waals surface area (Å²) in [5.41, 5.74) is -0.0711. The van der Waals surface area contributed by atoms with Gasteiger partial charge in [-0.25, -0.2) is 0 Å². The first kappa shape index (κ1) is 16.1. The van der Waals surface area contributed by atoms with Crippen LogP contribution in [0, 0.1) is 0 Å². The van der Waals surface area contributed by atoms with Crippen molar-refractivity contribution in [1.82, 2.24) is 5.32 Å². The molecule has 1 N–H and O–H groups in total. The first-order chi connectivity index (χ1) is 10.6. The second-order valence-electron chi connectivity index (χ2n) is 5.71. The predicted octanol–water partition coefficient (Wildman–Crippen LogP) is 3.45. The highest BCUT2D eigenvalue weighted by molar-refractivity contribution is 6.39. The molecule has 0 aromatic heterocycles. The molecule has 120 valence electrons. The van der Waals surface area contributed by atoms with Crippen LogP contribution in [0.1, 0.15) is 36.5 Å². The van der Waals surface area contributed by atoms with Crippen molar-refractivity contribution in [2.24, 2.45) is 0 Å². The maximum absolute atomic E-state index is 12.5. The first-order valence-corrected chi connectivity index (χ1v) is 8.34. The van der Waals surface area contributed by atoms with Crippen molar-refractivity contribution >= 4 is 29.1 Å². The number of halogens is 2. The Kier molecular flexibility index (Phi) is 4.64. The average molecular weight is 344 g/mol. The van der Waals surface area contributed by atoms with Crippen molar-refractivity contribution in [2.75, 3.05) is 13.2 Å². The third-order valence-corrected chi connectivity index (χ3v) is 5.16. The topological polar surface area (TPSA) is 47.6 Å². The predicted molar refractivity (Wildman–Crippen MR) is 85.7 cm³/mol. The van der Waals surface area contributed by atoms with E-state index in [1.165, 1.54) is 0 Å². The lowest BCUT2D eigenvalue weighted by molar-refractivity contribution is -0.194. The Labute approximate surface area is 140 Å². The number of ether oxygens (including phenoxy) is 2. The van der Waals surface area contributed by atoms with Gasteiger partial charge in [-0.2, -0.15) is 0 Å². The monoisotopic (exact) mass is 343 g/mol. The van der Waals surface area contributed by atoms with Crippen LogP contribution in [0.25, 0.3) is 0 Å². The molecule has 1 amide bonds. The third kappa shape index (κ3) is 2.62. The van der Waals surface area contributed by atoms with E-state index in [1.807, 2.05) is 6.92 Å². The summed E-state index contributed by atoms with van der Waals surface area (Å²) in [6.45, 7) is 3.33. The van der Waals surface area contributed by atoms with Crippen molar-refractivity contribution in [1.29, 1.82) is 0 Å². The molecule has 1 aliphatic carbocycles. The fourth-order valence-electron chi connectivity index (χ4n) is 3.43. The lowest BCUT2D eigenvalue weighted by Gasteiger charge is -2.52. The molecule has 0 unspecified atom stereocenters. The van der Waals surface area contributed by atoms with Crippen LogP contribution in [0.3, 0.4) is 0 Å². The zero-order valence-electron chi connectivity index (χ0n) is 12.4. The van der Waals surface area contributed by atoms with Gasteiger partial charge in [-0.3, -0.25) is 4.79 Å².